The summed E-state index contributed by atoms with van der Waals surface area (Å²) in [6.45, 7) is 3.10. The molecule has 0 aliphatic carbocycles. The van der Waals surface area contributed by atoms with Crippen LogP contribution < -0.4 is 9.86 Å². The van der Waals surface area contributed by atoms with Crippen LogP contribution in [0.1, 0.15) is 19.8 Å². The van der Waals surface area contributed by atoms with Crippen molar-refractivity contribution >= 4 is 10.2 Å². The third-order valence-corrected chi connectivity index (χ3v) is 2.68. The Bertz CT molecular complexity index is 244. The van der Waals surface area contributed by atoms with Gasteiger partial charge in [0.05, 0.1) is 6.10 Å². The third kappa shape index (κ3) is 4.56. The molecule has 1 rings (SSSR count). The van der Waals surface area contributed by atoms with Gasteiger partial charge in [-0.2, -0.15) is 13.1 Å². The van der Waals surface area contributed by atoms with Crippen molar-refractivity contribution in [3.05, 3.63) is 0 Å². The average molecular weight is 208 g/mol. The molecule has 0 aromatic rings. The van der Waals surface area contributed by atoms with Crippen LogP contribution in [0.4, 0.5) is 0 Å². The van der Waals surface area contributed by atoms with Gasteiger partial charge in [0.2, 0.25) is 0 Å². The molecule has 1 fully saturated rings. The lowest BCUT2D eigenvalue weighted by molar-refractivity contribution is -0.00707. The second-order valence-corrected chi connectivity index (χ2v) is 4.91. The van der Waals surface area contributed by atoms with Crippen molar-refractivity contribution in [3.63, 3.8) is 0 Å². The Morgan fingerprint density at radius 2 is 2.23 bits per heavy atom. The van der Waals surface area contributed by atoms with Gasteiger partial charge in [-0.25, -0.2) is 5.14 Å². The van der Waals surface area contributed by atoms with Crippen LogP contribution in [0.5, 0.6) is 0 Å². The first-order valence-electron chi connectivity index (χ1n) is 4.36. The van der Waals surface area contributed by atoms with Crippen LogP contribution in [-0.2, 0) is 14.9 Å². The molecule has 1 saturated heterocycles. The second-order valence-electron chi connectivity index (χ2n) is 3.53. The SMILES string of the molecule is CC1CCC(CNS(N)(=O)=O)OC1. The molecular weight excluding hydrogens is 192 g/mol. The molecule has 5 nitrogen and oxygen atoms in total. The van der Waals surface area contributed by atoms with E-state index in [1.807, 2.05) is 0 Å². The van der Waals surface area contributed by atoms with Gasteiger partial charge < -0.3 is 4.74 Å². The Morgan fingerprint density at radius 1 is 1.54 bits per heavy atom. The van der Waals surface area contributed by atoms with Crippen LogP contribution >= 0.6 is 0 Å². The van der Waals surface area contributed by atoms with E-state index in [1.54, 1.807) is 0 Å². The van der Waals surface area contributed by atoms with Gasteiger partial charge in [-0.05, 0) is 18.8 Å². The molecule has 1 heterocycles. The molecule has 78 valence electrons. The third-order valence-electron chi connectivity index (χ3n) is 2.11. The summed E-state index contributed by atoms with van der Waals surface area (Å²) in [5.74, 6) is 0.575. The highest BCUT2D eigenvalue weighted by Crippen LogP contribution is 2.17. The van der Waals surface area contributed by atoms with Crippen LogP contribution in [0.15, 0.2) is 0 Å². The van der Waals surface area contributed by atoms with E-state index in [9.17, 15) is 8.42 Å². The molecule has 0 radical (unpaired) electrons. The lowest BCUT2D eigenvalue weighted by Gasteiger charge is -2.26. The van der Waals surface area contributed by atoms with Crippen molar-refractivity contribution in [1.82, 2.24) is 4.72 Å². The van der Waals surface area contributed by atoms with Crippen molar-refractivity contribution in [2.24, 2.45) is 11.1 Å². The molecule has 0 saturated carbocycles. The van der Waals surface area contributed by atoms with Crippen LogP contribution in [0.3, 0.4) is 0 Å². The summed E-state index contributed by atoms with van der Waals surface area (Å²) in [6, 6.07) is 0. The normalized spacial score (nSPS) is 30.3. The Labute approximate surface area is 78.8 Å². The highest BCUT2D eigenvalue weighted by Gasteiger charge is 2.19. The average Bonchev–Trinajstić information content (AvgIpc) is 2.02. The summed E-state index contributed by atoms with van der Waals surface area (Å²) >= 11 is 0. The summed E-state index contributed by atoms with van der Waals surface area (Å²) in [4.78, 5) is 0. The van der Waals surface area contributed by atoms with E-state index in [2.05, 4.69) is 11.6 Å². The van der Waals surface area contributed by atoms with E-state index in [0.29, 0.717) is 12.5 Å². The highest BCUT2D eigenvalue weighted by atomic mass is 32.2. The van der Waals surface area contributed by atoms with E-state index in [-0.39, 0.29) is 12.6 Å². The van der Waals surface area contributed by atoms with Gasteiger partial charge in [-0.1, -0.05) is 6.92 Å². The Kier molecular flexibility index (Phi) is 3.66. The van der Waals surface area contributed by atoms with Crippen LogP contribution in [0.25, 0.3) is 0 Å². The van der Waals surface area contributed by atoms with Gasteiger partial charge >= 0.3 is 0 Å². The number of ether oxygens (including phenoxy) is 1. The molecule has 0 bridgehead atoms. The zero-order chi connectivity index (χ0) is 9.90. The first-order valence-corrected chi connectivity index (χ1v) is 5.91. The van der Waals surface area contributed by atoms with Crippen LogP contribution in [0, 0.1) is 5.92 Å². The fraction of sp³-hybridized carbons (Fsp3) is 1.00. The van der Waals surface area contributed by atoms with Gasteiger partial charge in [0.15, 0.2) is 0 Å². The maximum absolute atomic E-state index is 10.5. The van der Waals surface area contributed by atoms with Crippen molar-refractivity contribution in [2.45, 2.75) is 25.9 Å². The first kappa shape index (κ1) is 10.9. The van der Waals surface area contributed by atoms with Gasteiger partial charge in [-0.3, -0.25) is 0 Å². The minimum absolute atomic E-state index is 0.0190. The van der Waals surface area contributed by atoms with E-state index >= 15 is 0 Å². The van der Waals surface area contributed by atoms with Crippen molar-refractivity contribution < 1.29 is 13.2 Å². The topological polar surface area (TPSA) is 81.4 Å². The molecule has 0 amide bonds. The van der Waals surface area contributed by atoms with E-state index in [1.165, 1.54) is 0 Å². The molecule has 2 atom stereocenters. The number of rotatable bonds is 3. The minimum atomic E-state index is -3.57. The predicted molar refractivity (Wildman–Crippen MR) is 49.2 cm³/mol. The lowest BCUT2D eigenvalue weighted by Crippen LogP contribution is -2.39. The summed E-state index contributed by atoms with van der Waals surface area (Å²) in [5.41, 5.74) is 0. The fourth-order valence-corrected chi connectivity index (χ4v) is 1.73. The monoisotopic (exact) mass is 208 g/mol. The Hall–Kier alpha value is -0.170. The number of nitrogens with one attached hydrogen (secondary N) is 1. The number of hydrogen-bond acceptors (Lipinski definition) is 3. The molecule has 6 heteroatoms. The van der Waals surface area contributed by atoms with Crippen molar-refractivity contribution in [3.8, 4) is 0 Å². The minimum Gasteiger partial charge on any atom is -0.377 e. The molecule has 3 N–H and O–H groups in total. The fourth-order valence-electron chi connectivity index (χ4n) is 1.31. The van der Waals surface area contributed by atoms with E-state index in [4.69, 9.17) is 9.88 Å². The summed E-state index contributed by atoms with van der Waals surface area (Å²) in [6.07, 6.45) is 1.95. The van der Waals surface area contributed by atoms with E-state index in [0.717, 1.165) is 12.8 Å². The van der Waals surface area contributed by atoms with Gasteiger partial charge in [0, 0.05) is 13.2 Å². The number of hydrogen-bond donors (Lipinski definition) is 2. The van der Waals surface area contributed by atoms with Crippen LogP contribution in [-0.4, -0.2) is 27.7 Å². The van der Waals surface area contributed by atoms with Gasteiger partial charge in [0.1, 0.15) is 0 Å². The van der Waals surface area contributed by atoms with Crippen molar-refractivity contribution in [1.29, 1.82) is 0 Å². The number of nitrogens with two attached hydrogens (primary N) is 1. The van der Waals surface area contributed by atoms with Crippen molar-refractivity contribution in [2.75, 3.05) is 13.2 Å². The quantitative estimate of drug-likeness (QED) is 0.662. The van der Waals surface area contributed by atoms with Gasteiger partial charge in [0.25, 0.3) is 10.2 Å². The van der Waals surface area contributed by atoms with Gasteiger partial charge in [-0.15, -0.1) is 0 Å². The predicted octanol–water partition coefficient (Wildman–Crippen LogP) is -0.405. The van der Waals surface area contributed by atoms with Crippen LogP contribution in [0.2, 0.25) is 0 Å². The molecule has 0 aromatic carbocycles. The lowest BCUT2D eigenvalue weighted by atomic mass is 10.0. The second kappa shape index (κ2) is 4.36. The zero-order valence-corrected chi connectivity index (χ0v) is 8.51. The maximum Gasteiger partial charge on any atom is 0.274 e. The molecule has 0 spiro atoms. The molecule has 2 unspecified atom stereocenters. The molecule has 0 aromatic heterocycles. The molecule has 1 aliphatic rings. The maximum atomic E-state index is 10.5. The molecular formula is C7H16N2O3S. The Morgan fingerprint density at radius 3 is 2.69 bits per heavy atom. The molecule has 1 aliphatic heterocycles. The zero-order valence-electron chi connectivity index (χ0n) is 7.69. The largest absolute Gasteiger partial charge is 0.377 e. The smallest absolute Gasteiger partial charge is 0.274 e. The summed E-state index contributed by atoms with van der Waals surface area (Å²) in [7, 11) is -3.57. The van der Waals surface area contributed by atoms with E-state index < -0.39 is 10.2 Å². The Balaban J connectivity index is 2.24. The highest BCUT2D eigenvalue weighted by molar-refractivity contribution is 7.87. The summed E-state index contributed by atoms with van der Waals surface area (Å²) < 4.78 is 28.7. The summed E-state index contributed by atoms with van der Waals surface area (Å²) in [5, 5.41) is 4.79. The first-order chi connectivity index (χ1) is 5.97. The standard InChI is InChI=1S/C7H16N2O3S/c1-6-2-3-7(12-5-6)4-9-13(8,10)11/h6-7,9H,2-5H2,1H3,(H2,8,10,11). The molecule has 13 heavy (non-hydrogen) atoms.